The van der Waals surface area contributed by atoms with Gasteiger partial charge in [0.15, 0.2) is 0 Å². The topological polar surface area (TPSA) is 61.8 Å². The lowest BCUT2D eigenvalue weighted by Gasteiger charge is -2.39. The molecule has 0 fully saturated rings. The van der Waals surface area contributed by atoms with E-state index >= 15 is 0 Å². The number of methoxy groups -OCH3 is 1. The van der Waals surface area contributed by atoms with Gasteiger partial charge in [-0.1, -0.05) is 63.8 Å². The summed E-state index contributed by atoms with van der Waals surface area (Å²) in [6.45, 7) is 10.0. The summed E-state index contributed by atoms with van der Waals surface area (Å²) in [4.78, 5) is 24.0. The Bertz CT molecular complexity index is 842. The zero-order valence-electron chi connectivity index (χ0n) is 18.7. The molecule has 0 amide bonds. The first-order valence-corrected chi connectivity index (χ1v) is 10.4. The van der Waals surface area contributed by atoms with Crippen LogP contribution < -0.4 is 4.74 Å². The molecule has 0 unspecified atom stereocenters. The van der Waals surface area contributed by atoms with Gasteiger partial charge in [-0.05, 0) is 36.2 Å². The van der Waals surface area contributed by atoms with Crippen LogP contribution in [-0.4, -0.2) is 31.6 Å². The fraction of sp³-hybridized carbons (Fsp3) is 0.385. The molecule has 0 aliphatic carbocycles. The van der Waals surface area contributed by atoms with Crippen molar-refractivity contribution >= 4 is 12.3 Å². The molecule has 0 saturated heterocycles. The number of carbonyl (C=O) groups is 2. The van der Waals surface area contributed by atoms with Gasteiger partial charge in [-0.3, -0.25) is 0 Å². The van der Waals surface area contributed by atoms with Crippen molar-refractivity contribution in [2.45, 2.75) is 46.0 Å². The summed E-state index contributed by atoms with van der Waals surface area (Å²) in [5.74, 6) is 0.154. The van der Waals surface area contributed by atoms with Crippen LogP contribution in [0.1, 0.15) is 43.1 Å². The van der Waals surface area contributed by atoms with E-state index in [0.717, 1.165) is 17.6 Å². The Labute approximate surface area is 185 Å². The molecule has 0 spiro atoms. The summed E-state index contributed by atoms with van der Waals surface area (Å²) in [6.07, 6.45) is 2.09. The van der Waals surface area contributed by atoms with Crippen LogP contribution in [0.4, 0.5) is 0 Å². The second-order valence-electron chi connectivity index (χ2n) is 8.25. The number of hydrogen-bond acceptors (Lipinski definition) is 5. The standard InChI is InChI=1S/C26H32O5/c1-6-23(31-25(28)21-10-8-7-9-11-21)26(3,4)24(16-19(2)17-27)30-18-20-12-14-22(29-5)15-13-20/h6-15,17,19,23-24H,1,16,18H2,2-5H3/t19-,23-,24-/m1/s1. The van der Waals surface area contributed by atoms with Crippen LogP contribution in [0.15, 0.2) is 67.3 Å². The molecule has 2 rings (SSSR count). The molecule has 31 heavy (non-hydrogen) atoms. The molecule has 0 aliphatic rings. The van der Waals surface area contributed by atoms with Crippen LogP contribution in [0.25, 0.3) is 0 Å². The minimum atomic E-state index is -0.615. The minimum Gasteiger partial charge on any atom is -0.497 e. The highest BCUT2D eigenvalue weighted by atomic mass is 16.5. The van der Waals surface area contributed by atoms with Gasteiger partial charge in [-0.25, -0.2) is 4.79 Å². The van der Waals surface area contributed by atoms with E-state index in [0.29, 0.717) is 18.6 Å². The van der Waals surface area contributed by atoms with E-state index in [9.17, 15) is 9.59 Å². The first-order valence-electron chi connectivity index (χ1n) is 10.4. The summed E-state index contributed by atoms with van der Waals surface area (Å²) in [5.41, 5.74) is 0.842. The quantitative estimate of drug-likeness (QED) is 0.265. The third-order valence-corrected chi connectivity index (χ3v) is 5.45. The van der Waals surface area contributed by atoms with Gasteiger partial charge in [0, 0.05) is 11.3 Å². The molecular weight excluding hydrogens is 392 g/mol. The fourth-order valence-corrected chi connectivity index (χ4v) is 3.34. The average Bonchev–Trinajstić information content (AvgIpc) is 2.80. The molecule has 3 atom stereocenters. The smallest absolute Gasteiger partial charge is 0.338 e. The van der Waals surface area contributed by atoms with E-state index in [2.05, 4.69) is 6.58 Å². The zero-order chi connectivity index (χ0) is 22.9. The number of hydrogen-bond donors (Lipinski definition) is 0. The molecule has 0 aliphatic heterocycles. The maximum Gasteiger partial charge on any atom is 0.338 e. The van der Waals surface area contributed by atoms with Crippen molar-refractivity contribution in [3.63, 3.8) is 0 Å². The van der Waals surface area contributed by atoms with Gasteiger partial charge < -0.3 is 19.0 Å². The molecule has 0 heterocycles. The van der Waals surface area contributed by atoms with E-state index in [-0.39, 0.29) is 12.0 Å². The second kappa shape index (κ2) is 11.5. The molecular formula is C26H32O5. The van der Waals surface area contributed by atoms with Crippen LogP contribution in [0, 0.1) is 11.3 Å². The van der Waals surface area contributed by atoms with E-state index < -0.39 is 17.5 Å². The van der Waals surface area contributed by atoms with Gasteiger partial charge in [0.1, 0.15) is 18.1 Å². The van der Waals surface area contributed by atoms with Crippen LogP contribution in [0.5, 0.6) is 5.75 Å². The summed E-state index contributed by atoms with van der Waals surface area (Å²) in [7, 11) is 1.62. The Morgan fingerprint density at radius 1 is 1.10 bits per heavy atom. The van der Waals surface area contributed by atoms with Gasteiger partial charge in [0.25, 0.3) is 0 Å². The average molecular weight is 425 g/mol. The highest BCUT2D eigenvalue weighted by Gasteiger charge is 2.40. The monoisotopic (exact) mass is 424 g/mol. The highest BCUT2D eigenvalue weighted by Crippen LogP contribution is 2.35. The van der Waals surface area contributed by atoms with Crippen molar-refractivity contribution in [2.24, 2.45) is 11.3 Å². The largest absolute Gasteiger partial charge is 0.497 e. The lowest BCUT2D eigenvalue weighted by molar-refractivity contribution is -0.117. The maximum absolute atomic E-state index is 12.6. The number of carbonyl (C=O) groups excluding carboxylic acids is 2. The first-order chi connectivity index (χ1) is 14.8. The highest BCUT2D eigenvalue weighted by molar-refractivity contribution is 5.89. The van der Waals surface area contributed by atoms with Crippen molar-refractivity contribution in [3.8, 4) is 5.75 Å². The van der Waals surface area contributed by atoms with Crippen LogP contribution >= 0.6 is 0 Å². The zero-order valence-corrected chi connectivity index (χ0v) is 18.7. The summed E-state index contributed by atoms with van der Waals surface area (Å²) >= 11 is 0. The van der Waals surface area contributed by atoms with Gasteiger partial charge in [-0.15, -0.1) is 0 Å². The molecule has 0 N–H and O–H groups in total. The number of esters is 1. The second-order valence-corrected chi connectivity index (χ2v) is 8.25. The lowest BCUT2D eigenvalue weighted by Crippen LogP contribution is -2.44. The van der Waals surface area contributed by atoms with Crippen LogP contribution in [-0.2, 0) is 20.9 Å². The molecule has 2 aromatic carbocycles. The van der Waals surface area contributed by atoms with E-state index in [1.807, 2.05) is 51.1 Å². The Kier molecular flexibility index (Phi) is 9.01. The molecule has 5 heteroatoms. The molecule has 5 nitrogen and oxygen atoms in total. The molecule has 0 radical (unpaired) electrons. The first kappa shape index (κ1) is 24.4. The van der Waals surface area contributed by atoms with Crippen molar-refractivity contribution in [3.05, 3.63) is 78.4 Å². The van der Waals surface area contributed by atoms with E-state index in [1.165, 1.54) is 0 Å². The van der Waals surface area contributed by atoms with Gasteiger partial charge in [0.05, 0.1) is 25.4 Å². The van der Waals surface area contributed by atoms with Gasteiger partial charge >= 0.3 is 5.97 Å². The Hall–Kier alpha value is -2.92. The summed E-state index contributed by atoms with van der Waals surface area (Å²) in [5, 5.41) is 0. The van der Waals surface area contributed by atoms with Gasteiger partial charge in [0.2, 0.25) is 0 Å². The normalized spacial score (nSPS) is 14.2. The van der Waals surface area contributed by atoms with Crippen LogP contribution in [0.2, 0.25) is 0 Å². The Morgan fingerprint density at radius 3 is 2.29 bits per heavy atom. The van der Waals surface area contributed by atoms with Crippen molar-refractivity contribution in [2.75, 3.05) is 7.11 Å². The third-order valence-electron chi connectivity index (χ3n) is 5.45. The minimum absolute atomic E-state index is 0.199. The predicted octanol–water partition coefficient (Wildman–Crippen LogP) is 5.24. The Balaban J connectivity index is 2.18. The van der Waals surface area contributed by atoms with Crippen molar-refractivity contribution < 1.29 is 23.8 Å². The maximum atomic E-state index is 12.6. The molecule has 0 saturated carbocycles. The summed E-state index contributed by atoms with van der Waals surface area (Å²) in [6, 6.07) is 16.5. The number of ether oxygens (including phenoxy) is 3. The molecule has 0 aromatic heterocycles. The van der Waals surface area contributed by atoms with E-state index in [4.69, 9.17) is 14.2 Å². The lowest BCUT2D eigenvalue weighted by atomic mass is 9.77. The van der Waals surface area contributed by atoms with Crippen molar-refractivity contribution in [1.82, 2.24) is 0 Å². The van der Waals surface area contributed by atoms with Gasteiger partial charge in [-0.2, -0.15) is 0 Å². The molecule has 2 aromatic rings. The molecule has 166 valence electrons. The van der Waals surface area contributed by atoms with Crippen LogP contribution in [0.3, 0.4) is 0 Å². The predicted molar refractivity (Wildman–Crippen MR) is 121 cm³/mol. The number of benzene rings is 2. The van der Waals surface area contributed by atoms with E-state index in [1.54, 1.807) is 37.5 Å². The summed E-state index contributed by atoms with van der Waals surface area (Å²) < 4.78 is 17.3. The number of rotatable bonds is 12. The molecule has 0 bridgehead atoms. The fourth-order valence-electron chi connectivity index (χ4n) is 3.34. The SMILES string of the molecule is C=C[C@@H](OC(=O)c1ccccc1)C(C)(C)[C@@H](C[C@@H](C)C=O)OCc1ccc(OC)cc1. The third kappa shape index (κ3) is 6.79. The Morgan fingerprint density at radius 2 is 1.74 bits per heavy atom. The van der Waals surface area contributed by atoms with Crippen molar-refractivity contribution in [1.29, 1.82) is 0 Å². The number of aldehydes is 1.